The quantitative estimate of drug-likeness (QED) is 0.799. The van der Waals surface area contributed by atoms with Gasteiger partial charge in [0.05, 0.1) is 7.11 Å². The lowest BCUT2D eigenvalue weighted by atomic mass is 9.86. The number of hydrogen-bond donors (Lipinski definition) is 1. The second-order valence-electron chi connectivity index (χ2n) is 6.01. The Bertz CT molecular complexity index is 396. The molecule has 0 radical (unpaired) electrons. The van der Waals surface area contributed by atoms with Gasteiger partial charge in [0, 0.05) is 24.8 Å². The van der Waals surface area contributed by atoms with Crippen molar-refractivity contribution in [3.05, 3.63) is 23.8 Å². The van der Waals surface area contributed by atoms with Gasteiger partial charge in [0.15, 0.2) is 0 Å². The molecule has 0 saturated carbocycles. The zero-order chi connectivity index (χ0) is 14.5. The molecule has 0 atom stereocenters. The van der Waals surface area contributed by atoms with Gasteiger partial charge in [-0.1, -0.05) is 20.8 Å². The Kier molecular flexibility index (Phi) is 5.67. The number of anilines is 1. The highest BCUT2D eigenvalue weighted by Crippen LogP contribution is 2.34. The van der Waals surface area contributed by atoms with Gasteiger partial charge in [-0.15, -0.1) is 0 Å². The summed E-state index contributed by atoms with van der Waals surface area (Å²) in [5.41, 5.74) is 2.60. The first-order valence-electron chi connectivity index (χ1n) is 6.94. The minimum atomic E-state index is 0.0904. The molecule has 1 rings (SSSR count). The van der Waals surface area contributed by atoms with E-state index in [1.54, 1.807) is 7.11 Å². The number of hydrogen-bond acceptors (Lipinski definition) is 3. The number of methoxy groups -OCH3 is 1. The summed E-state index contributed by atoms with van der Waals surface area (Å²) in [4.78, 5) is 2.30. The number of rotatable bonds is 6. The topological polar surface area (TPSA) is 24.5 Å². The summed E-state index contributed by atoms with van der Waals surface area (Å²) in [5, 5.41) is 3.18. The molecule has 1 N–H and O–H groups in total. The fourth-order valence-electron chi connectivity index (χ4n) is 2.14. The zero-order valence-corrected chi connectivity index (χ0v) is 13.2. The van der Waals surface area contributed by atoms with Gasteiger partial charge in [-0.25, -0.2) is 0 Å². The molecule has 3 nitrogen and oxygen atoms in total. The molecular weight excluding hydrogens is 236 g/mol. The van der Waals surface area contributed by atoms with E-state index in [-0.39, 0.29) is 5.41 Å². The van der Waals surface area contributed by atoms with Crippen LogP contribution in [0.15, 0.2) is 18.2 Å². The van der Waals surface area contributed by atoms with E-state index < -0.39 is 0 Å². The smallest absolute Gasteiger partial charge is 0.122 e. The molecule has 0 bridgehead atoms. The van der Waals surface area contributed by atoms with E-state index >= 15 is 0 Å². The molecule has 0 aliphatic carbocycles. The van der Waals surface area contributed by atoms with Crippen LogP contribution < -0.4 is 15.0 Å². The third-order valence-electron chi connectivity index (χ3n) is 3.35. The lowest BCUT2D eigenvalue weighted by molar-refractivity contribution is 0.397. The normalized spacial score (nSPS) is 11.5. The van der Waals surface area contributed by atoms with Crippen LogP contribution in [0.4, 0.5) is 5.69 Å². The number of nitrogens with zero attached hydrogens (tertiary/aromatic N) is 1. The van der Waals surface area contributed by atoms with E-state index in [1.165, 1.54) is 11.3 Å². The molecule has 0 aliphatic rings. The summed E-state index contributed by atoms with van der Waals surface area (Å²) >= 11 is 0. The Morgan fingerprint density at radius 3 is 2.47 bits per heavy atom. The van der Waals surface area contributed by atoms with Crippen molar-refractivity contribution in [2.45, 2.75) is 32.6 Å². The van der Waals surface area contributed by atoms with Crippen LogP contribution >= 0.6 is 0 Å². The van der Waals surface area contributed by atoms with Gasteiger partial charge < -0.3 is 15.0 Å². The predicted octanol–water partition coefficient (Wildman–Crippen LogP) is 3.04. The third-order valence-corrected chi connectivity index (χ3v) is 3.35. The van der Waals surface area contributed by atoms with E-state index in [9.17, 15) is 0 Å². The first-order valence-corrected chi connectivity index (χ1v) is 6.94. The van der Waals surface area contributed by atoms with Crippen LogP contribution in [0.25, 0.3) is 0 Å². The second kappa shape index (κ2) is 6.80. The largest absolute Gasteiger partial charge is 0.496 e. The van der Waals surface area contributed by atoms with Gasteiger partial charge >= 0.3 is 0 Å². The molecule has 0 aromatic heterocycles. The summed E-state index contributed by atoms with van der Waals surface area (Å²) in [6.45, 7) is 8.75. The fraction of sp³-hybridized carbons (Fsp3) is 0.625. The second-order valence-corrected chi connectivity index (χ2v) is 6.01. The average Bonchev–Trinajstić information content (AvgIpc) is 2.37. The molecule has 0 fully saturated rings. The first kappa shape index (κ1) is 15.8. The zero-order valence-electron chi connectivity index (χ0n) is 13.2. The summed E-state index contributed by atoms with van der Waals surface area (Å²) in [6, 6.07) is 6.45. The summed E-state index contributed by atoms with van der Waals surface area (Å²) < 4.78 is 5.48. The van der Waals surface area contributed by atoms with Crippen molar-refractivity contribution in [2.75, 3.05) is 39.2 Å². The molecule has 0 spiro atoms. The lowest BCUT2D eigenvalue weighted by Gasteiger charge is -2.26. The first-order chi connectivity index (χ1) is 8.90. The summed E-state index contributed by atoms with van der Waals surface area (Å²) in [6.07, 6.45) is 1.14. The number of ether oxygens (including phenoxy) is 1. The standard InChI is InChI=1S/C16H28N2O/c1-16(2,3)14-12-13(8-9-15(14)19-6)18(5)11-7-10-17-4/h8-9,12,17H,7,10-11H2,1-6H3. The van der Waals surface area contributed by atoms with Crippen LogP contribution in [0, 0.1) is 0 Å². The van der Waals surface area contributed by atoms with Gasteiger partial charge in [0.25, 0.3) is 0 Å². The van der Waals surface area contributed by atoms with Crippen LogP contribution in [0.5, 0.6) is 5.75 Å². The number of nitrogens with one attached hydrogen (secondary N) is 1. The van der Waals surface area contributed by atoms with E-state index in [2.05, 4.69) is 56.2 Å². The average molecular weight is 264 g/mol. The van der Waals surface area contributed by atoms with Gasteiger partial charge in [-0.3, -0.25) is 0 Å². The Hall–Kier alpha value is -1.22. The third kappa shape index (κ3) is 4.43. The molecule has 0 amide bonds. The SMILES string of the molecule is CNCCCN(C)c1ccc(OC)c(C(C)(C)C)c1. The number of benzene rings is 1. The Balaban J connectivity index is 2.91. The Morgan fingerprint density at radius 2 is 1.95 bits per heavy atom. The highest BCUT2D eigenvalue weighted by Gasteiger charge is 2.19. The van der Waals surface area contributed by atoms with E-state index in [4.69, 9.17) is 4.74 Å². The molecule has 3 heteroatoms. The predicted molar refractivity (Wildman–Crippen MR) is 83.5 cm³/mol. The molecule has 1 aromatic carbocycles. The van der Waals surface area contributed by atoms with Crippen molar-refractivity contribution in [1.82, 2.24) is 5.32 Å². The maximum Gasteiger partial charge on any atom is 0.122 e. The Labute approximate surface area is 118 Å². The van der Waals surface area contributed by atoms with Crippen LogP contribution in [0.3, 0.4) is 0 Å². The van der Waals surface area contributed by atoms with E-state index in [0.29, 0.717) is 0 Å². The van der Waals surface area contributed by atoms with Crippen molar-refractivity contribution < 1.29 is 4.74 Å². The van der Waals surface area contributed by atoms with Crippen LogP contribution in [-0.2, 0) is 5.41 Å². The summed E-state index contributed by atoms with van der Waals surface area (Å²) in [7, 11) is 5.87. The highest BCUT2D eigenvalue weighted by atomic mass is 16.5. The van der Waals surface area contributed by atoms with Crippen molar-refractivity contribution in [1.29, 1.82) is 0 Å². The van der Waals surface area contributed by atoms with Crippen LogP contribution in [-0.4, -0.2) is 34.3 Å². The fourth-order valence-corrected chi connectivity index (χ4v) is 2.14. The van der Waals surface area contributed by atoms with Crippen molar-refractivity contribution >= 4 is 5.69 Å². The van der Waals surface area contributed by atoms with Crippen LogP contribution in [0.1, 0.15) is 32.8 Å². The molecule has 0 aliphatic heterocycles. The minimum absolute atomic E-state index is 0.0904. The van der Waals surface area contributed by atoms with Gasteiger partial charge in [-0.2, -0.15) is 0 Å². The van der Waals surface area contributed by atoms with E-state index in [1.807, 2.05) is 7.05 Å². The molecule has 108 valence electrons. The molecule has 19 heavy (non-hydrogen) atoms. The highest BCUT2D eigenvalue weighted by molar-refractivity contribution is 5.54. The van der Waals surface area contributed by atoms with Crippen molar-refractivity contribution in [2.24, 2.45) is 0 Å². The van der Waals surface area contributed by atoms with Gasteiger partial charge in [-0.05, 0) is 43.6 Å². The Morgan fingerprint density at radius 1 is 1.26 bits per heavy atom. The van der Waals surface area contributed by atoms with E-state index in [0.717, 1.165) is 25.3 Å². The maximum absolute atomic E-state index is 5.48. The van der Waals surface area contributed by atoms with Crippen molar-refractivity contribution in [3.63, 3.8) is 0 Å². The molecule has 1 aromatic rings. The molecule has 0 saturated heterocycles. The molecular formula is C16H28N2O. The minimum Gasteiger partial charge on any atom is -0.496 e. The lowest BCUT2D eigenvalue weighted by Crippen LogP contribution is -2.23. The summed E-state index contributed by atoms with van der Waals surface area (Å²) in [5.74, 6) is 0.972. The monoisotopic (exact) mass is 264 g/mol. The molecule has 0 unspecified atom stereocenters. The van der Waals surface area contributed by atoms with Gasteiger partial charge in [0.2, 0.25) is 0 Å². The molecule has 0 heterocycles. The van der Waals surface area contributed by atoms with Gasteiger partial charge in [0.1, 0.15) is 5.75 Å². The van der Waals surface area contributed by atoms with Crippen LogP contribution in [0.2, 0.25) is 0 Å². The van der Waals surface area contributed by atoms with Crippen molar-refractivity contribution in [3.8, 4) is 5.75 Å². The maximum atomic E-state index is 5.48.